The fraction of sp³-hybridized carbons (Fsp3) is 0.318. The van der Waals surface area contributed by atoms with Crippen LogP contribution in [0, 0.1) is 6.92 Å². The van der Waals surface area contributed by atoms with Crippen molar-refractivity contribution >= 4 is 33.4 Å². The van der Waals surface area contributed by atoms with E-state index in [9.17, 15) is 9.59 Å². The van der Waals surface area contributed by atoms with Crippen LogP contribution < -0.4 is 9.54 Å². The van der Waals surface area contributed by atoms with Crippen LogP contribution in [0.15, 0.2) is 47.5 Å². The van der Waals surface area contributed by atoms with E-state index in [2.05, 4.69) is 11.9 Å². The number of ether oxygens (including phenoxy) is 2. The molecule has 0 aliphatic rings. The van der Waals surface area contributed by atoms with Gasteiger partial charge in [-0.25, -0.2) is 0 Å². The average molecular weight is 413 g/mol. The van der Waals surface area contributed by atoms with Gasteiger partial charge >= 0.3 is 5.97 Å². The van der Waals surface area contributed by atoms with Crippen LogP contribution >= 0.6 is 11.3 Å². The fourth-order valence-electron chi connectivity index (χ4n) is 2.79. The number of amides is 1. The fourth-order valence-corrected chi connectivity index (χ4v) is 3.92. The van der Waals surface area contributed by atoms with Crippen LogP contribution in [0.25, 0.3) is 10.2 Å². The van der Waals surface area contributed by atoms with Gasteiger partial charge in [-0.2, -0.15) is 4.99 Å². The summed E-state index contributed by atoms with van der Waals surface area (Å²) in [5.41, 5.74) is 2.41. The topological polar surface area (TPSA) is 69.9 Å². The molecule has 0 radical (unpaired) electrons. The number of aromatic nitrogens is 1. The standard InChI is InChI=1S/C22H24N2O4S/c1-4-5-12-28-17-9-7-16(8-10-17)21(26)23-22-24(14-20(25)27-3)18-11-6-15(2)13-19(18)29-22/h6-11,13H,4-5,12,14H2,1-3H3. The molecule has 0 aliphatic carbocycles. The zero-order valence-corrected chi connectivity index (χ0v) is 17.6. The van der Waals surface area contributed by atoms with Crippen molar-refractivity contribution in [2.24, 2.45) is 4.99 Å². The van der Waals surface area contributed by atoms with Gasteiger partial charge in [0.25, 0.3) is 5.91 Å². The summed E-state index contributed by atoms with van der Waals surface area (Å²) in [7, 11) is 1.34. The second-order valence-electron chi connectivity index (χ2n) is 6.66. The number of esters is 1. The first-order valence-electron chi connectivity index (χ1n) is 9.50. The minimum absolute atomic E-state index is 0.00409. The van der Waals surface area contributed by atoms with E-state index in [1.54, 1.807) is 28.8 Å². The average Bonchev–Trinajstić information content (AvgIpc) is 3.04. The van der Waals surface area contributed by atoms with Gasteiger partial charge < -0.3 is 14.0 Å². The van der Waals surface area contributed by atoms with Gasteiger partial charge in [0.2, 0.25) is 0 Å². The highest BCUT2D eigenvalue weighted by Crippen LogP contribution is 2.19. The Balaban J connectivity index is 1.93. The molecular weight excluding hydrogens is 388 g/mol. The summed E-state index contributed by atoms with van der Waals surface area (Å²) in [5, 5.41) is 0. The molecule has 3 aromatic rings. The van der Waals surface area contributed by atoms with Crippen LogP contribution in [0.4, 0.5) is 0 Å². The lowest BCUT2D eigenvalue weighted by Crippen LogP contribution is -2.22. The van der Waals surface area contributed by atoms with E-state index in [-0.39, 0.29) is 12.5 Å². The third-order valence-corrected chi connectivity index (χ3v) is 5.46. The number of thiazole rings is 1. The van der Waals surface area contributed by atoms with Crippen molar-refractivity contribution in [2.45, 2.75) is 33.2 Å². The smallest absolute Gasteiger partial charge is 0.325 e. The Bertz CT molecular complexity index is 1080. The van der Waals surface area contributed by atoms with E-state index in [0.29, 0.717) is 17.0 Å². The van der Waals surface area contributed by atoms with E-state index >= 15 is 0 Å². The van der Waals surface area contributed by atoms with Gasteiger partial charge in [-0.05, 0) is 55.3 Å². The van der Waals surface area contributed by atoms with Crippen molar-refractivity contribution < 1.29 is 19.1 Å². The summed E-state index contributed by atoms with van der Waals surface area (Å²) in [4.78, 5) is 29.3. The summed E-state index contributed by atoms with van der Waals surface area (Å²) in [6.07, 6.45) is 2.05. The third-order valence-electron chi connectivity index (χ3n) is 4.42. The first-order chi connectivity index (χ1) is 14.0. The van der Waals surface area contributed by atoms with Crippen molar-refractivity contribution in [1.29, 1.82) is 0 Å². The molecule has 0 N–H and O–H groups in total. The summed E-state index contributed by atoms with van der Waals surface area (Å²) in [6, 6.07) is 12.9. The Morgan fingerprint density at radius 1 is 1.14 bits per heavy atom. The number of hydrogen-bond donors (Lipinski definition) is 0. The highest BCUT2D eigenvalue weighted by Gasteiger charge is 2.13. The summed E-state index contributed by atoms with van der Waals surface area (Å²) in [6.45, 7) is 4.75. The lowest BCUT2D eigenvalue weighted by Gasteiger charge is -2.05. The summed E-state index contributed by atoms with van der Waals surface area (Å²) < 4.78 is 13.1. The normalized spacial score (nSPS) is 11.6. The molecule has 0 fully saturated rings. The van der Waals surface area contributed by atoms with Gasteiger partial charge in [0.1, 0.15) is 12.3 Å². The van der Waals surface area contributed by atoms with Gasteiger partial charge in [-0.15, -0.1) is 0 Å². The highest BCUT2D eigenvalue weighted by atomic mass is 32.1. The molecule has 6 nitrogen and oxygen atoms in total. The number of fused-ring (bicyclic) bond motifs is 1. The Morgan fingerprint density at radius 3 is 2.59 bits per heavy atom. The van der Waals surface area contributed by atoms with Crippen molar-refractivity contribution in [1.82, 2.24) is 4.57 Å². The lowest BCUT2D eigenvalue weighted by molar-refractivity contribution is -0.141. The number of unbranched alkanes of at least 4 members (excludes halogenated alkanes) is 1. The SMILES string of the molecule is CCCCOc1ccc(C(=O)N=c2sc3cc(C)ccc3n2CC(=O)OC)cc1. The maximum absolute atomic E-state index is 12.7. The van der Waals surface area contributed by atoms with Gasteiger partial charge in [0.05, 0.1) is 23.9 Å². The number of rotatable bonds is 7. The Morgan fingerprint density at radius 2 is 1.90 bits per heavy atom. The highest BCUT2D eigenvalue weighted by molar-refractivity contribution is 7.16. The van der Waals surface area contributed by atoms with Crippen LogP contribution in [-0.2, 0) is 16.1 Å². The molecule has 0 atom stereocenters. The molecule has 0 bridgehead atoms. The van der Waals surface area contributed by atoms with Crippen molar-refractivity contribution in [2.75, 3.05) is 13.7 Å². The van der Waals surface area contributed by atoms with E-state index in [1.165, 1.54) is 18.4 Å². The van der Waals surface area contributed by atoms with Gasteiger partial charge in [-0.1, -0.05) is 30.7 Å². The maximum atomic E-state index is 12.7. The molecule has 1 amide bonds. The predicted molar refractivity (Wildman–Crippen MR) is 113 cm³/mol. The Hall–Kier alpha value is -2.93. The second kappa shape index (κ2) is 9.52. The van der Waals surface area contributed by atoms with Crippen molar-refractivity contribution in [3.63, 3.8) is 0 Å². The maximum Gasteiger partial charge on any atom is 0.325 e. The van der Waals surface area contributed by atoms with Gasteiger partial charge in [0.15, 0.2) is 4.80 Å². The van der Waals surface area contributed by atoms with Crippen LogP contribution in [0.5, 0.6) is 5.75 Å². The van der Waals surface area contributed by atoms with Crippen molar-refractivity contribution in [3.05, 3.63) is 58.4 Å². The number of methoxy groups -OCH3 is 1. The first kappa shape index (κ1) is 20.8. The molecule has 29 heavy (non-hydrogen) atoms. The van der Waals surface area contributed by atoms with E-state index < -0.39 is 5.97 Å². The second-order valence-corrected chi connectivity index (χ2v) is 7.67. The molecular formula is C22H24N2O4S. The summed E-state index contributed by atoms with van der Waals surface area (Å²) in [5.74, 6) is -0.0344. The predicted octanol–water partition coefficient (Wildman–Crippen LogP) is 4.10. The Labute approximate surface area is 173 Å². The summed E-state index contributed by atoms with van der Waals surface area (Å²) >= 11 is 1.37. The number of hydrogen-bond acceptors (Lipinski definition) is 5. The van der Waals surface area contributed by atoms with Crippen molar-refractivity contribution in [3.8, 4) is 5.75 Å². The minimum Gasteiger partial charge on any atom is -0.494 e. The molecule has 0 unspecified atom stereocenters. The molecule has 0 saturated heterocycles. The van der Waals surface area contributed by atoms with E-state index in [0.717, 1.165) is 34.4 Å². The molecule has 7 heteroatoms. The number of carbonyl (C=O) groups is 2. The lowest BCUT2D eigenvalue weighted by atomic mass is 10.2. The molecule has 2 aromatic carbocycles. The monoisotopic (exact) mass is 412 g/mol. The van der Waals surface area contributed by atoms with Crippen LogP contribution in [0.3, 0.4) is 0 Å². The molecule has 1 aromatic heterocycles. The molecule has 0 spiro atoms. The zero-order chi connectivity index (χ0) is 20.8. The number of aryl methyl sites for hydroxylation is 1. The molecule has 152 valence electrons. The third kappa shape index (κ3) is 5.12. The minimum atomic E-state index is -0.396. The molecule has 0 aliphatic heterocycles. The molecule has 3 rings (SSSR count). The number of carbonyl (C=O) groups excluding carboxylic acids is 2. The number of benzene rings is 2. The number of nitrogens with zero attached hydrogens (tertiary/aromatic N) is 2. The molecule has 0 saturated carbocycles. The van der Waals surface area contributed by atoms with Crippen LogP contribution in [-0.4, -0.2) is 30.2 Å². The van der Waals surface area contributed by atoms with Gasteiger partial charge in [0, 0.05) is 5.56 Å². The molecule has 1 heterocycles. The Kier molecular flexibility index (Phi) is 6.82. The van der Waals surface area contributed by atoms with Crippen LogP contribution in [0.1, 0.15) is 35.7 Å². The van der Waals surface area contributed by atoms with Gasteiger partial charge in [-0.3, -0.25) is 9.59 Å². The van der Waals surface area contributed by atoms with E-state index in [4.69, 9.17) is 9.47 Å². The van der Waals surface area contributed by atoms with E-state index in [1.807, 2.05) is 25.1 Å². The first-order valence-corrected chi connectivity index (χ1v) is 10.3. The quantitative estimate of drug-likeness (QED) is 0.433. The van der Waals surface area contributed by atoms with Crippen LogP contribution in [0.2, 0.25) is 0 Å². The largest absolute Gasteiger partial charge is 0.494 e. The zero-order valence-electron chi connectivity index (χ0n) is 16.8.